The van der Waals surface area contributed by atoms with Gasteiger partial charge in [-0.15, -0.1) is 0 Å². The molecule has 1 aliphatic heterocycles. The zero-order chi connectivity index (χ0) is 17.8. The van der Waals surface area contributed by atoms with Crippen LogP contribution in [0.2, 0.25) is 0 Å². The SMILES string of the molecule is CC1(C)C[N+](C)(CCOc2ccc(Oc3ccccc3)cc2)CCN1. The summed E-state index contributed by atoms with van der Waals surface area (Å²) in [6.07, 6.45) is 0. The fraction of sp³-hybridized carbons (Fsp3) is 0.429. The first kappa shape index (κ1) is 17.8. The van der Waals surface area contributed by atoms with Crippen LogP contribution < -0.4 is 14.8 Å². The van der Waals surface area contributed by atoms with Crippen molar-refractivity contribution in [3.63, 3.8) is 0 Å². The summed E-state index contributed by atoms with van der Waals surface area (Å²) in [6, 6.07) is 17.7. The molecule has 4 nitrogen and oxygen atoms in total. The number of quaternary nitrogens is 1. The molecule has 2 aromatic carbocycles. The van der Waals surface area contributed by atoms with E-state index in [0.717, 1.165) is 54.5 Å². The van der Waals surface area contributed by atoms with E-state index < -0.39 is 0 Å². The molecule has 1 fully saturated rings. The maximum absolute atomic E-state index is 5.96. The Kier molecular flexibility index (Phi) is 5.30. The van der Waals surface area contributed by atoms with Gasteiger partial charge in [-0.05, 0) is 50.2 Å². The minimum absolute atomic E-state index is 0.198. The second-order valence-electron chi connectivity index (χ2n) is 7.77. The fourth-order valence-corrected chi connectivity index (χ4v) is 3.56. The average Bonchev–Trinajstić information content (AvgIpc) is 2.56. The number of likely N-dealkylation sites (N-methyl/N-ethyl adjacent to an activating group) is 1. The van der Waals surface area contributed by atoms with Crippen LogP contribution in [0.5, 0.6) is 17.2 Å². The van der Waals surface area contributed by atoms with Crippen LogP contribution in [0.1, 0.15) is 13.8 Å². The van der Waals surface area contributed by atoms with Crippen LogP contribution in [0.25, 0.3) is 0 Å². The number of hydrogen-bond donors (Lipinski definition) is 1. The zero-order valence-corrected chi connectivity index (χ0v) is 15.5. The molecule has 1 atom stereocenters. The molecule has 134 valence electrons. The number of hydrogen-bond acceptors (Lipinski definition) is 3. The molecule has 0 aromatic heterocycles. The minimum Gasteiger partial charge on any atom is -0.488 e. The van der Waals surface area contributed by atoms with E-state index in [1.165, 1.54) is 0 Å². The molecule has 1 aliphatic rings. The van der Waals surface area contributed by atoms with Gasteiger partial charge in [-0.2, -0.15) is 0 Å². The van der Waals surface area contributed by atoms with Gasteiger partial charge < -0.3 is 19.3 Å². The monoisotopic (exact) mass is 341 g/mol. The van der Waals surface area contributed by atoms with E-state index in [1.54, 1.807) is 0 Å². The summed E-state index contributed by atoms with van der Waals surface area (Å²) in [6.45, 7) is 9.63. The van der Waals surface area contributed by atoms with E-state index >= 15 is 0 Å². The van der Waals surface area contributed by atoms with Crippen molar-refractivity contribution in [1.29, 1.82) is 0 Å². The van der Waals surface area contributed by atoms with Gasteiger partial charge >= 0.3 is 0 Å². The largest absolute Gasteiger partial charge is 0.488 e. The Morgan fingerprint density at radius 1 is 0.960 bits per heavy atom. The molecule has 0 spiro atoms. The van der Waals surface area contributed by atoms with Crippen LogP contribution in [0.4, 0.5) is 0 Å². The van der Waals surface area contributed by atoms with Gasteiger partial charge in [0, 0.05) is 6.54 Å². The number of rotatable bonds is 6. The molecule has 0 saturated carbocycles. The Bertz CT molecular complexity index is 670. The lowest BCUT2D eigenvalue weighted by atomic mass is 10.0. The lowest BCUT2D eigenvalue weighted by molar-refractivity contribution is -0.916. The molecule has 2 aromatic rings. The first-order valence-electron chi connectivity index (χ1n) is 8.99. The second-order valence-corrected chi connectivity index (χ2v) is 7.77. The van der Waals surface area contributed by atoms with Crippen LogP contribution in [0, 0.1) is 0 Å². The highest BCUT2D eigenvalue weighted by atomic mass is 16.5. The lowest BCUT2D eigenvalue weighted by Gasteiger charge is -2.45. The molecular weight excluding hydrogens is 312 g/mol. The van der Waals surface area contributed by atoms with E-state index in [0.29, 0.717) is 0 Å². The number of piperazine rings is 1. The molecule has 1 unspecified atom stereocenters. The Morgan fingerprint density at radius 3 is 2.28 bits per heavy atom. The molecule has 25 heavy (non-hydrogen) atoms. The second kappa shape index (κ2) is 7.46. The highest BCUT2D eigenvalue weighted by molar-refractivity contribution is 5.35. The van der Waals surface area contributed by atoms with Crippen LogP contribution in [0.15, 0.2) is 54.6 Å². The third kappa shape index (κ3) is 5.21. The summed E-state index contributed by atoms with van der Waals surface area (Å²) >= 11 is 0. The molecule has 3 rings (SSSR count). The molecule has 1 heterocycles. The topological polar surface area (TPSA) is 30.5 Å². The lowest BCUT2D eigenvalue weighted by Crippen LogP contribution is -2.65. The molecule has 1 saturated heterocycles. The number of nitrogens with one attached hydrogen (secondary N) is 1. The highest BCUT2D eigenvalue weighted by Gasteiger charge is 2.35. The van der Waals surface area contributed by atoms with Gasteiger partial charge in [0.15, 0.2) is 0 Å². The van der Waals surface area contributed by atoms with Gasteiger partial charge in [-0.25, -0.2) is 0 Å². The summed E-state index contributed by atoms with van der Waals surface area (Å²) in [5.41, 5.74) is 0.198. The summed E-state index contributed by atoms with van der Waals surface area (Å²) in [7, 11) is 2.32. The van der Waals surface area contributed by atoms with Gasteiger partial charge in [0.1, 0.15) is 30.4 Å². The van der Waals surface area contributed by atoms with Crippen molar-refractivity contribution in [3.8, 4) is 17.2 Å². The van der Waals surface area contributed by atoms with Crippen LogP contribution >= 0.6 is 0 Å². The van der Waals surface area contributed by atoms with Crippen LogP contribution in [-0.2, 0) is 0 Å². The molecule has 1 N–H and O–H groups in total. The average molecular weight is 341 g/mol. The summed E-state index contributed by atoms with van der Waals surface area (Å²) < 4.78 is 12.8. The predicted octanol–water partition coefficient (Wildman–Crippen LogP) is 3.69. The smallest absolute Gasteiger partial charge is 0.137 e. The van der Waals surface area contributed by atoms with Crippen LogP contribution in [0.3, 0.4) is 0 Å². The molecule has 0 aliphatic carbocycles. The Balaban J connectivity index is 1.49. The van der Waals surface area contributed by atoms with E-state index in [9.17, 15) is 0 Å². The van der Waals surface area contributed by atoms with Gasteiger partial charge in [0.25, 0.3) is 0 Å². The van der Waals surface area contributed by atoms with Crippen molar-refractivity contribution in [3.05, 3.63) is 54.6 Å². The number of nitrogens with zero attached hydrogens (tertiary/aromatic N) is 1. The molecule has 0 bridgehead atoms. The fourth-order valence-electron chi connectivity index (χ4n) is 3.56. The molecule has 4 heteroatoms. The first-order chi connectivity index (χ1) is 11.9. The van der Waals surface area contributed by atoms with Gasteiger partial charge in [0.2, 0.25) is 0 Å². The molecule has 0 amide bonds. The van der Waals surface area contributed by atoms with Crippen molar-refractivity contribution in [2.45, 2.75) is 19.4 Å². The number of ether oxygens (including phenoxy) is 2. The van der Waals surface area contributed by atoms with Gasteiger partial charge in [-0.3, -0.25) is 0 Å². The maximum Gasteiger partial charge on any atom is 0.137 e. The van der Waals surface area contributed by atoms with Crippen molar-refractivity contribution >= 4 is 0 Å². The number of benzene rings is 2. The normalized spacial score (nSPS) is 22.4. The first-order valence-corrected chi connectivity index (χ1v) is 8.99. The van der Waals surface area contributed by atoms with E-state index in [-0.39, 0.29) is 5.54 Å². The Morgan fingerprint density at radius 2 is 1.60 bits per heavy atom. The molecule has 0 radical (unpaired) electrons. The summed E-state index contributed by atoms with van der Waals surface area (Å²) in [5.74, 6) is 2.55. The maximum atomic E-state index is 5.96. The zero-order valence-electron chi connectivity index (χ0n) is 15.5. The van der Waals surface area contributed by atoms with Crippen molar-refractivity contribution in [2.75, 3.05) is 39.8 Å². The van der Waals surface area contributed by atoms with Crippen molar-refractivity contribution in [2.24, 2.45) is 0 Å². The molecular formula is C21H29N2O2+. The van der Waals surface area contributed by atoms with E-state index in [1.807, 2.05) is 54.6 Å². The third-order valence-electron chi connectivity index (χ3n) is 4.73. The highest BCUT2D eigenvalue weighted by Crippen LogP contribution is 2.24. The third-order valence-corrected chi connectivity index (χ3v) is 4.73. The Hall–Kier alpha value is -2.04. The van der Waals surface area contributed by atoms with E-state index in [2.05, 4.69) is 26.2 Å². The minimum atomic E-state index is 0.198. The summed E-state index contributed by atoms with van der Waals surface area (Å²) in [5, 5.41) is 3.58. The quantitative estimate of drug-likeness (QED) is 0.813. The Labute approximate surface area is 151 Å². The van der Waals surface area contributed by atoms with E-state index in [4.69, 9.17) is 9.47 Å². The standard InChI is InChI=1S/C21H29N2O2/c1-21(2)17-23(3,14-13-22-21)15-16-24-18-9-11-20(12-10-18)25-19-7-5-4-6-8-19/h4-12,22H,13-17H2,1-3H3/q+1. The predicted molar refractivity (Wildman–Crippen MR) is 101 cm³/mol. The van der Waals surface area contributed by atoms with Crippen molar-refractivity contribution in [1.82, 2.24) is 5.32 Å². The van der Waals surface area contributed by atoms with Crippen molar-refractivity contribution < 1.29 is 14.0 Å². The van der Waals surface area contributed by atoms with Gasteiger partial charge in [0.05, 0.1) is 25.7 Å². The van der Waals surface area contributed by atoms with Crippen LogP contribution in [-0.4, -0.2) is 49.9 Å². The summed E-state index contributed by atoms with van der Waals surface area (Å²) in [4.78, 5) is 0. The van der Waals surface area contributed by atoms with Gasteiger partial charge in [-0.1, -0.05) is 18.2 Å². The number of para-hydroxylation sites is 1.